The maximum atomic E-state index is 9.23. The average Bonchev–Trinajstić information content (AvgIpc) is 2.27. The molecule has 0 amide bonds. The molecule has 0 saturated heterocycles. The molecule has 2 N–H and O–H groups in total. The lowest BCUT2D eigenvalue weighted by Gasteiger charge is -2.29. The van der Waals surface area contributed by atoms with Crippen molar-refractivity contribution in [3.05, 3.63) is 0 Å². The molecule has 16 heavy (non-hydrogen) atoms. The molecule has 2 atom stereocenters. The number of hydrogen-bond donors (Lipinski definition) is 2. The van der Waals surface area contributed by atoms with Gasteiger partial charge in [-0.05, 0) is 45.8 Å². The normalized spacial score (nSPS) is 15.8. The highest BCUT2D eigenvalue weighted by molar-refractivity contribution is 4.71. The summed E-state index contributed by atoms with van der Waals surface area (Å²) in [5, 5.41) is 12.6. The van der Waals surface area contributed by atoms with E-state index in [-0.39, 0.29) is 12.6 Å². The second-order valence-electron chi connectivity index (χ2n) is 5.09. The molecule has 0 aromatic rings. The first-order chi connectivity index (χ1) is 7.52. The summed E-state index contributed by atoms with van der Waals surface area (Å²) < 4.78 is 0. The Morgan fingerprint density at radius 2 is 1.88 bits per heavy atom. The van der Waals surface area contributed by atoms with Crippen LogP contribution in [0.25, 0.3) is 0 Å². The Morgan fingerprint density at radius 3 is 2.31 bits per heavy atom. The van der Waals surface area contributed by atoms with Crippen LogP contribution in [0.3, 0.4) is 0 Å². The molecule has 3 nitrogen and oxygen atoms in total. The highest BCUT2D eigenvalue weighted by Crippen LogP contribution is 2.08. The maximum Gasteiger partial charge on any atom is 0.0585 e. The minimum atomic E-state index is 0.240. The molecule has 0 radical (unpaired) electrons. The fourth-order valence-corrected chi connectivity index (χ4v) is 1.68. The molecule has 3 heteroatoms. The molecule has 2 unspecified atom stereocenters. The van der Waals surface area contributed by atoms with Crippen LogP contribution >= 0.6 is 0 Å². The Hall–Kier alpha value is -0.120. The van der Waals surface area contributed by atoms with Crippen LogP contribution < -0.4 is 5.32 Å². The minimum absolute atomic E-state index is 0.240. The molecule has 0 bridgehead atoms. The lowest BCUT2D eigenvalue weighted by atomic mass is 10.0. The highest BCUT2D eigenvalue weighted by atomic mass is 16.3. The Balaban J connectivity index is 3.82. The predicted octanol–water partition coefficient (Wildman–Crippen LogP) is 1.71. The number of nitrogens with one attached hydrogen (secondary N) is 1. The average molecular weight is 230 g/mol. The standard InChI is InChI=1S/C13H30N2O/c1-6-8-14-13(10-16)7-9-15(5)12(4)11(2)3/h11-14,16H,6-10H2,1-5H3. The molecule has 0 aromatic heterocycles. The van der Waals surface area contributed by atoms with Crippen LogP contribution in [0.5, 0.6) is 0 Å². The topological polar surface area (TPSA) is 35.5 Å². The molecule has 0 aliphatic carbocycles. The van der Waals surface area contributed by atoms with Crippen molar-refractivity contribution in [2.24, 2.45) is 5.92 Å². The first kappa shape index (κ1) is 15.9. The van der Waals surface area contributed by atoms with E-state index in [1.165, 1.54) is 0 Å². The molecule has 0 aromatic carbocycles. The Bertz CT molecular complexity index is 162. The third-order valence-electron chi connectivity index (χ3n) is 3.39. The first-order valence-corrected chi connectivity index (χ1v) is 6.57. The van der Waals surface area contributed by atoms with Crippen LogP contribution in [-0.4, -0.2) is 48.8 Å². The number of aliphatic hydroxyl groups is 1. The van der Waals surface area contributed by atoms with E-state index in [9.17, 15) is 5.11 Å². The van der Waals surface area contributed by atoms with Gasteiger partial charge in [0.2, 0.25) is 0 Å². The van der Waals surface area contributed by atoms with E-state index in [0.29, 0.717) is 12.0 Å². The van der Waals surface area contributed by atoms with Crippen molar-refractivity contribution >= 4 is 0 Å². The SMILES string of the molecule is CCCNC(CO)CCN(C)C(C)C(C)C. The van der Waals surface area contributed by atoms with Gasteiger partial charge in [0, 0.05) is 12.1 Å². The van der Waals surface area contributed by atoms with Crippen LogP contribution in [0, 0.1) is 5.92 Å². The molecule has 98 valence electrons. The first-order valence-electron chi connectivity index (χ1n) is 6.57. The summed E-state index contributed by atoms with van der Waals surface area (Å²) >= 11 is 0. The van der Waals surface area contributed by atoms with Gasteiger partial charge in [0.25, 0.3) is 0 Å². The van der Waals surface area contributed by atoms with Gasteiger partial charge >= 0.3 is 0 Å². The molecule has 0 fully saturated rings. The molecule has 0 aliphatic heterocycles. The summed E-state index contributed by atoms with van der Waals surface area (Å²) in [5.41, 5.74) is 0. The summed E-state index contributed by atoms with van der Waals surface area (Å²) in [6.07, 6.45) is 2.14. The predicted molar refractivity (Wildman–Crippen MR) is 70.7 cm³/mol. The van der Waals surface area contributed by atoms with Gasteiger partial charge in [-0.15, -0.1) is 0 Å². The molecule has 0 rings (SSSR count). The fourth-order valence-electron chi connectivity index (χ4n) is 1.68. The lowest BCUT2D eigenvalue weighted by Crippen LogP contribution is -2.39. The van der Waals surface area contributed by atoms with Crippen LogP contribution in [-0.2, 0) is 0 Å². The van der Waals surface area contributed by atoms with Gasteiger partial charge in [0.05, 0.1) is 6.61 Å². The summed E-state index contributed by atoms with van der Waals surface area (Å²) in [5.74, 6) is 0.682. The van der Waals surface area contributed by atoms with E-state index in [4.69, 9.17) is 0 Å². The Labute approximate surface area is 101 Å². The van der Waals surface area contributed by atoms with Gasteiger partial charge < -0.3 is 15.3 Å². The van der Waals surface area contributed by atoms with Gasteiger partial charge in [0.1, 0.15) is 0 Å². The molecule has 0 saturated carbocycles. The van der Waals surface area contributed by atoms with E-state index in [1.54, 1.807) is 0 Å². The zero-order valence-electron chi connectivity index (χ0n) is 11.7. The zero-order chi connectivity index (χ0) is 12.6. The van der Waals surface area contributed by atoms with Gasteiger partial charge in [-0.1, -0.05) is 20.8 Å². The summed E-state index contributed by atoms with van der Waals surface area (Å²) in [4.78, 5) is 2.38. The number of rotatable bonds is 9. The van der Waals surface area contributed by atoms with Crippen LogP contribution in [0.1, 0.15) is 40.5 Å². The molecular formula is C13H30N2O. The van der Waals surface area contributed by atoms with Crippen LogP contribution in [0.2, 0.25) is 0 Å². The summed E-state index contributed by atoms with van der Waals surface area (Å²) in [6.45, 7) is 11.2. The highest BCUT2D eigenvalue weighted by Gasteiger charge is 2.14. The van der Waals surface area contributed by atoms with Crippen molar-refractivity contribution in [1.82, 2.24) is 10.2 Å². The second kappa shape index (κ2) is 8.97. The van der Waals surface area contributed by atoms with E-state index in [0.717, 1.165) is 25.9 Å². The summed E-state index contributed by atoms with van der Waals surface area (Å²) in [6, 6.07) is 0.854. The lowest BCUT2D eigenvalue weighted by molar-refractivity contribution is 0.178. The molecule has 0 spiro atoms. The third-order valence-corrected chi connectivity index (χ3v) is 3.39. The Kier molecular flexibility index (Phi) is 8.90. The van der Waals surface area contributed by atoms with Crippen LogP contribution in [0.15, 0.2) is 0 Å². The van der Waals surface area contributed by atoms with Crippen molar-refractivity contribution in [3.8, 4) is 0 Å². The molecule has 0 heterocycles. The van der Waals surface area contributed by atoms with Gasteiger partial charge in [-0.2, -0.15) is 0 Å². The minimum Gasteiger partial charge on any atom is -0.395 e. The number of hydrogen-bond acceptors (Lipinski definition) is 3. The fraction of sp³-hybridized carbons (Fsp3) is 1.00. The Morgan fingerprint density at radius 1 is 1.25 bits per heavy atom. The third kappa shape index (κ3) is 6.46. The van der Waals surface area contributed by atoms with Crippen molar-refractivity contribution in [1.29, 1.82) is 0 Å². The van der Waals surface area contributed by atoms with Crippen molar-refractivity contribution in [2.45, 2.75) is 52.6 Å². The van der Waals surface area contributed by atoms with Crippen LogP contribution in [0.4, 0.5) is 0 Å². The quantitative estimate of drug-likeness (QED) is 0.633. The largest absolute Gasteiger partial charge is 0.395 e. The maximum absolute atomic E-state index is 9.23. The smallest absolute Gasteiger partial charge is 0.0585 e. The van der Waals surface area contributed by atoms with E-state index in [1.807, 2.05) is 0 Å². The van der Waals surface area contributed by atoms with E-state index >= 15 is 0 Å². The van der Waals surface area contributed by atoms with Crippen molar-refractivity contribution in [3.63, 3.8) is 0 Å². The zero-order valence-corrected chi connectivity index (χ0v) is 11.7. The van der Waals surface area contributed by atoms with E-state index < -0.39 is 0 Å². The molecular weight excluding hydrogens is 200 g/mol. The van der Waals surface area contributed by atoms with Crippen molar-refractivity contribution < 1.29 is 5.11 Å². The summed E-state index contributed by atoms with van der Waals surface area (Å²) in [7, 11) is 2.17. The van der Waals surface area contributed by atoms with Crippen molar-refractivity contribution in [2.75, 3.05) is 26.7 Å². The number of nitrogens with zero attached hydrogens (tertiary/aromatic N) is 1. The second-order valence-corrected chi connectivity index (χ2v) is 5.09. The van der Waals surface area contributed by atoms with Gasteiger partial charge in [-0.3, -0.25) is 0 Å². The van der Waals surface area contributed by atoms with Gasteiger partial charge in [-0.25, -0.2) is 0 Å². The van der Waals surface area contributed by atoms with E-state index in [2.05, 4.69) is 45.0 Å². The monoisotopic (exact) mass is 230 g/mol. The number of aliphatic hydroxyl groups excluding tert-OH is 1. The van der Waals surface area contributed by atoms with Gasteiger partial charge in [0.15, 0.2) is 0 Å². The molecule has 0 aliphatic rings.